The summed E-state index contributed by atoms with van der Waals surface area (Å²) in [6, 6.07) is 16.7. The third-order valence-electron chi connectivity index (χ3n) is 5.10. The van der Waals surface area contributed by atoms with Crippen molar-refractivity contribution in [3.05, 3.63) is 89.5 Å². The topological polar surface area (TPSA) is 21.6 Å². The first-order valence-corrected chi connectivity index (χ1v) is 9.56. The summed E-state index contributed by atoms with van der Waals surface area (Å²) in [7, 11) is 0. The Labute approximate surface area is 155 Å². The van der Waals surface area contributed by atoms with Crippen molar-refractivity contribution in [3.63, 3.8) is 0 Å². The normalized spacial score (nSPS) is 19.2. The molecule has 1 aliphatic carbocycles. The summed E-state index contributed by atoms with van der Waals surface area (Å²) in [4.78, 5) is 4.75. The zero-order chi connectivity index (χ0) is 17.6. The molecule has 1 aliphatic heterocycles. The third-order valence-corrected chi connectivity index (χ3v) is 5.10. The van der Waals surface area contributed by atoms with E-state index in [0.29, 0.717) is 12.5 Å². The lowest BCUT2D eigenvalue weighted by Crippen LogP contribution is -2.12. The Morgan fingerprint density at radius 1 is 1.08 bits per heavy atom. The van der Waals surface area contributed by atoms with Gasteiger partial charge < -0.3 is 4.74 Å². The molecule has 1 unspecified atom stereocenters. The molecular formula is C24H25NO. The van der Waals surface area contributed by atoms with Crippen LogP contribution in [0.2, 0.25) is 0 Å². The van der Waals surface area contributed by atoms with E-state index in [1.54, 1.807) is 0 Å². The second kappa shape index (κ2) is 8.18. The zero-order valence-electron chi connectivity index (χ0n) is 15.1. The summed E-state index contributed by atoms with van der Waals surface area (Å²) < 4.78 is 5.98. The summed E-state index contributed by atoms with van der Waals surface area (Å²) in [5, 5.41) is 0. The van der Waals surface area contributed by atoms with Gasteiger partial charge in [0.05, 0.1) is 5.71 Å². The van der Waals surface area contributed by atoms with Gasteiger partial charge in [0.15, 0.2) is 0 Å². The van der Waals surface area contributed by atoms with Crippen LogP contribution >= 0.6 is 0 Å². The summed E-state index contributed by atoms with van der Waals surface area (Å²) in [5.74, 6) is 1.59. The fourth-order valence-electron chi connectivity index (χ4n) is 3.60. The van der Waals surface area contributed by atoms with Gasteiger partial charge in [0, 0.05) is 12.1 Å². The van der Waals surface area contributed by atoms with Crippen molar-refractivity contribution in [2.24, 2.45) is 10.9 Å². The molecule has 2 aliphatic rings. The number of allylic oxidation sites excluding steroid dienone is 4. The number of hydrogen-bond acceptors (Lipinski definition) is 2. The van der Waals surface area contributed by atoms with Crippen molar-refractivity contribution in [3.8, 4) is 5.75 Å². The minimum atomic E-state index is 0.607. The first kappa shape index (κ1) is 16.8. The molecule has 0 saturated carbocycles. The van der Waals surface area contributed by atoms with Crippen LogP contribution in [0.1, 0.15) is 36.0 Å². The third kappa shape index (κ3) is 4.13. The number of fused-ring (bicyclic) bond motifs is 1. The van der Waals surface area contributed by atoms with Crippen LogP contribution in [0.5, 0.6) is 5.75 Å². The van der Waals surface area contributed by atoms with E-state index >= 15 is 0 Å². The van der Waals surface area contributed by atoms with Gasteiger partial charge in [-0.05, 0) is 67.0 Å². The smallest absolute Gasteiger partial charge is 0.120 e. The van der Waals surface area contributed by atoms with Crippen LogP contribution < -0.4 is 4.74 Å². The maximum atomic E-state index is 5.98. The van der Waals surface area contributed by atoms with Crippen molar-refractivity contribution in [1.29, 1.82) is 0 Å². The SMILES string of the molecule is C1=CCC(/C=C/C2=NCCc3cc(OCc4ccccc4)ccc32)CC1. The van der Waals surface area contributed by atoms with E-state index in [1.807, 2.05) is 18.2 Å². The Kier molecular flexibility index (Phi) is 5.30. The van der Waals surface area contributed by atoms with E-state index < -0.39 is 0 Å². The molecule has 0 spiro atoms. The molecule has 2 aromatic carbocycles. The molecule has 0 N–H and O–H groups in total. The van der Waals surface area contributed by atoms with Gasteiger partial charge in [0.1, 0.15) is 12.4 Å². The molecule has 0 saturated heterocycles. The summed E-state index contributed by atoms with van der Waals surface area (Å²) in [6.07, 6.45) is 13.7. The highest BCUT2D eigenvalue weighted by molar-refractivity contribution is 6.10. The van der Waals surface area contributed by atoms with Gasteiger partial charge >= 0.3 is 0 Å². The Bertz CT molecular complexity index is 833. The highest BCUT2D eigenvalue weighted by atomic mass is 16.5. The molecule has 26 heavy (non-hydrogen) atoms. The van der Waals surface area contributed by atoms with Crippen LogP contribution in [0.4, 0.5) is 0 Å². The average Bonchev–Trinajstić information content (AvgIpc) is 2.72. The highest BCUT2D eigenvalue weighted by Gasteiger charge is 2.14. The van der Waals surface area contributed by atoms with Crippen LogP contribution in [-0.2, 0) is 13.0 Å². The molecule has 2 aromatic rings. The van der Waals surface area contributed by atoms with Gasteiger partial charge in [0.2, 0.25) is 0 Å². The monoisotopic (exact) mass is 343 g/mol. The minimum Gasteiger partial charge on any atom is -0.489 e. The van der Waals surface area contributed by atoms with Crippen LogP contribution in [0.3, 0.4) is 0 Å². The fourth-order valence-corrected chi connectivity index (χ4v) is 3.60. The van der Waals surface area contributed by atoms with Gasteiger partial charge in [-0.25, -0.2) is 0 Å². The van der Waals surface area contributed by atoms with Gasteiger partial charge in [-0.1, -0.05) is 48.6 Å². The van der Waals surface area contributed by atoms with Gasteiger partial charge in [0.25, 0.3) is 0 Å². The quantitative estimate of drug-likeness (QED) is 0.655. The standard InChI is InChI=1S/C24H25NO/c1-3-7-19(8-4-1)11-14-24-23-13-12-22(17-21(23)15-16-25-24)26-18-20-9-5-2-6-10-20/h1-3,5-6,9-14,17,19H,4,7-8,15-16,18H2/b14-11+. The summed E-state index contributed by atoms with van der Waals surface area (Å²) in [5.41, 5.74) is 4.91. The highest BCUT2D eigenvalue weighted by Crippen LogP contribution is 2.25. The predicted molar refractivity (Wildman–Crippen MR) is 108 cm³/mol. The predicted octanol–water partition coefficient (Wildman–Crippen LogP) is 5.52. The Hall–Kier alpha value is -2.61. The molecule has 0 radical (unpaired) electrons. The molecule has 2 nitrogen and oxygen atoms in total. The van der Waals surface area contributed by atoms with Crippen LogP contribution in [-0.4, -0.2) is 12.3 Å². The van der Waals surface area contributed by atoms with Gasteiger partial charge in [-0.15, -0.1) is 0 Å². The Morgan fingerprint density at radius 3 is 2.85 bits per heavy atom. The zero-order valence-corrected chi connectivity index (χ0v) is 15.1. The molecule has 2 heteroatoms. The Morgan fingerprint density at radius 2 is 2.00 bits per heavy atom. The van der Waals surface area contributed by atoms with Crippen LogP contribution in [0, 0.1) is 5.92 Å². The van der Waals surface area contributed by atoms with Crippen LogP contribution in [0.25, 0.3) is 0 Å². The lowest BCUT2D eigenvalue weighted by molar-refractivity contribution is 0.306. The van der Waals surface area contributed by atoms with Gasteiger partial charge in [-0.3, -0.25) is 4.99 Å². The molecule has 4 rings (SSSR count). The molecule has 0 amide bonds. The molecule has 0 fully saturated rings. The molecule has 1 atom stereocenters. The fraction of sp³-hybridized carbons (Fsp3) is 0.292. The van der Waals surface area contributed by atoms with Crippen LogP contribution in [0.15, 0.2) is 77.8 Å². The van der Waals surface area contributed by atoms with Crippen molar-refractivity contribution in [2.45, 2.75) is 32.3 Å². The number of aliphatic imine (C=N–C) groups is 1. The number of nitrogens with zero attached hydrogens (tertiary/aromatic N) is 1. The van der Waals surface area contributed by atoms with E-state index in [2.05, 4.69) is 54.6 Å². The van der Waals surface area contributed by atoms with Crippen molar-refractivity contribution in [2.75, 3.05) is 6.54 Å². The van der Waals surface area contributed by atoms with E-state index in [-0.39, 0.29) is 0 Å². The van der Waals surface area contributed by atoms with E-state index in [0.717, 1.165) is 30.8 Å². The lowest BCUT2D eigenvalue weighted by atomic mass is 9.92. The largest absolute Gasteiger partial charge is 0.489 e. The van der Waals surface area contributed by atoms with Crippen molar-refractivity contribution < 1.29 is 4.74 Å². The summed E-state index contributed by atoms with van der Waals surface area (Å²) >= 11 is 0. The minimum absolute atomic E-state index is 0.607. The van der Waals surface area contributed by atoms with E-state index in [4.69, 9.17) is 9.73 Å². The lowest BCUT2D eigenvalue weighted by Gasteiger charge is -2.18. The second-order valence-electron chi connectivity index (χ2n) is 7.01. The molecule has 0 aromatic heterocycles. The Balaban J connectivity index is 1.45. The number of benzene rings is 2. The average molecular weight is 343 g/mol. The first-order chi connectivity index (χ1) is 12.9. The number of hydrogen-bond donors (Lipinski definition) is 0. The summed E-state index contributed by atoms with van der Waals surface area (Å²) in [6.45, 7) is 1.47. The molecule has 1 heterocycles. The maximum absolute atomic E-state index is 5.98. The first-order valence-electron chi connectivity index (χ1n) is 9.56. The molecule has 0 bridgehead atoms. The molecular weight excluding hydrogens is 318 g/mol. The number of rotatable bonds is 5. The maximum Gasteiger partial charge on any atom is 0.120 e. The van der Waals surface area contributed by atoms with Gasteiger partial charge in [-0.2, -0.15) is 0 Å². The van der Waals surface area contributed by atoms with E-state index in [1.165, 1.54) is 29.5 Å². The molecule has 132 valence electrons. The second-order valence-corrected chi connectivity index (χ2v) is 7.01. The van der Waals surface area contributed by atoms with Crippen molar-refractivity contribution >= 4 is 5.71 Å². The number of ether oxygens (including phenoxy) is 1. The van der Waals surface area contributed by atoms with E-state index in [9.17, 15) is 0 Å². The van der Waals surface area contributed by atoms with Crippen molar-refractivity contribution in [1.82, 2.24) is 0 Å².